The Morgan fingerprint density at radius 3 is 2.63 bits per heavy atom. The number of aromatic nitrogens is 3. The molecule has 0 atom stereocenters. The lowest BCUT2D eigenvalue weighted by molar-refractivity contribution is 0.100. The highest BCUT2D eigenvalue weighted by Crippen LogP contribution is 2.21. The number of hydrogen-bond acceptors (Lipinski definition) is 3. The molecule has 0 unspecified atom stereocenters. The van der Waals surface area contributed by atoms with Gasteiger partial charge in [-0.3, -0.25) is 4.79 Å². The molecule has 0 aliphatic heterocycles. The Morgan fingerprint density at radius 2 is 1.95 bits per heavy atom. The van der Waals surface area contributed by atoms with Crippen LogP contribution in [0.2, 0.25) is 0 Å². The van der Waals surface area contributed by atoms with Crippen LogP contribution in [0.5, 0.6) is 0 Å². The lowest BCUT2D eigenvalue weighted by atomic mass is 10.2. The zero-order chi connectivity index (χ0) is 13.4. The van der Waals surface area contributed by atoms with E-state index in [9.17, 15) is 9.18 Å². The van der Waals surface area contributed by atoms with Gasteiger partial charge in [-0.15, -0.1) is 0 Å². The highest BCUT2D eigenvalue weighted by molar-refractivity contribution is 6.03. The van der Waals surface area contributed by atoms with Gasteiger partial charge in [0.15, 0.2) is 5.65 Å². The topological polar surface area (TPSA) is 84.7 Å². The number of benzene rings is 1. The number of imidazole rings is 1. The van der Waals surface area contributed by atoms with Gasteiger partial charge in [-0.1, -0.05) is 0 Å². The van der Waals surface area contributed by atoms with Crippen LogP contribution >= 0.6 is 0 Å². The van der Waals surface area contributed by atoms with Crippen LogP contribution in [0.3, 0.4) is 0 Å². The molecular weight excluding hydrogens is 247 g/mol. The first-order valence-corrected chi connectivity index (χ1v) is 5.55. The molecule has 2 aromatic heterocycles. The van der Waals surface area contributed by atoms with E-state index in [4.69, 9.17) is 5.73 Å². The van der Waals surface area contributed by atoms with Crippen molar-refractivity contribution < 1.29 is 9.18 Å². The Balaban J connectivity index is 2.19. The van der Waals surface area contributed by atoms with Crippen LogP contribution in [0, 0.1) is 5.82 Å². The summed E-state index contributed by atoms with van der Waals surface area (Å²) in [6.45, 7) is 0. The number of amides is 1. The second-order valence-corrected chi connectivity index (χ2v) is 4.01. The molecule has 0 saturated heterocycles. The molecule has 0 spiro atoms. The summed E-state index contributed by atoms with van der Waals surface area (Å²) in [7, 11) is 0. The van der Waals surface area contributed by atoms with Crippen LogP contribution in [-0.2, 0) is 0 Å². The van der Waals surface area contributed by atoms with Gasteiger partial charge in [0.05, 0.1) is 11.1 Å². The number of primary amides is 1. The molecule has 6 heteroatoms. The smallest absolute Gasteiger partial charge is 0.251 e. The first-order chi connectivity index (χ1) is 9.15. The third kappa shape index (κ3) is 1.93. The van der Waals surface area contributed by atoms with E-state index in [1.54, 1.807) is 12.1 Å². The molecule has 0 aliphatic carbocycles. The van der Waals surface area contributed by atoms with Gasteiger partial charge >= 0.3 is 0 Å². The maximum absolute atomic E-state index is 12.9. The van der Waals surface area contributed by atoms with Crippen molar-refractivity contribution in [1.82, 2.24) is 15.0 Å². The van der Waals surface area contributed by atoms with Crippen LogP contribution in [0.25, 0.3) is 22.6 Å². The number of fused-ring (bicyclic) bond motifs is 1. The number of carbonyl (C=O) groups is 1. The second-order valence-electron chi connectivity index (χ2n) is 4.01. The highest BCUT2D eigenvalue weighted by atomic mass is 19.1. The summed E-state index contributed by atoms with van der Waals surface area (Å²) in [5, 5.41) is 0. The van der Waals surface area contributed by atoms with E-state index in [0.29, 0.717) is 28.1 Å². The van der Waals surface area contributed by atoms with E-state index in [1.165, 1.54) is 24.4 Å². The van der Waals surface area contributed by atoms with Crippen molar-refractivity contribution in [2.45, 2.75) is 0 Å². The van der Waals surface area contributed by atoms with Crippen LogP contribution in [0.15, 0.2) is 36.5 Å². The van der Waals surface area contributed by atoms with E-state index in [1.807, 2.05) is 0 Å². The van der Waals surface area contributed by atoms with E-state index in [2.05, 4.69) is 15.0 Å². The Kier molecular flexibility index (Phi) is 2.49. The maximum Gasteiger partial charge on any atom is 0.251 e. The first-order valence-electron chi connectivity index (χ1n) is 5.55. The van der Waals surface area contributed by atoms with Crippen molar-refractivity contribution in [2.75, 3.05) is 0 Å². The number of aromatic amines is 1. The fourth-order valence-electron chi connectivity index (χ4n) is 1.86. The predicted molar refractivity (Wildman–Crippen MR) is 67.8 cm³/mol. The number of hydrogen-bond donors (Lipinski definition) is 2. The predicted octanol–water partition coefficient (Wildman–Crippen LogP) is 1.86. The van der Waals surface area contributed by atoms with Crippen molar-refractivity contribution in [2.24, 2.45) is 5.73 Å². The van der Waals surface area contributed by atoms with E-state index < -0.39 is 5.91 Å². The summed E-state index contributed by atoms with van der Waals surface area (Å²) in [5.74, 6) is -0.367. The Morgan fingerprint density at radius 1 is 1.21 bits per heavy atom. The van der Waals surface area contributed by atoms with Crippen LogP contribution in [0.1, 0.15) is 10.4 Å². The summed E-state index contributed by atoms with van der Waals surface area (Å²) in [5.41, 5.74) is 7.19. The molecule has 1 amide bonds. The number of halogens is 1. The number of nitrogens with one attached hydrogen (secondary N) is 1. The summed E-state index contributed by atoms with van der Waals surface area (Å²) < 4.78 is 12.9. The SMILES string of the molecule is NC(=O)c1ccnc2nc(-c3ccc(F)cc3)[nH]c12. The minimum absolute atomic E-state index is 0.323. The molecule has 3 rings (SSSR count). The van der Waals surface area contributed by atoms with Gasteiger partial charge in [-0.25, -0.2) is 14.4 Å². The third-order valence-electron chi connectivity index (χ3n) is 2.78. The maximum atomic E-state index is 12.9. The average Bonchev–Trinajstić information content (AvgIpc) is 2.82. The molecule has 19 heavy (non-hydrogen) atoms. The van der Waals surface area contributed by atoms with Gasteiger partial charge in [0.25, 0.3) is 5.91 Å². The summed E-state index contributed by atoms with van der Waals surface area (Å²) in [4.78, 5) is 22.6. The average molecular weight is 256 g/mol. The number of rotatable bonds is 2. The number of pyridine rings is 1. The monoisotopic (exact) mass is 256 g/mol. The number of nitrogens with zero attached hydrogens (tertiary/aromatic N) is 2. The fraction of sp³-hybridized carbons (Fsp3) is 0. The van der Waals surface area contributed by atoms with Crippen molar-refractivity contribution in [3.05, 3.63) is 47.9 Å². The zero-order valence-electron chi connectivity index (χ0n) is 9.72. The molecule has 0 aliphatic rings. The second kappa shape index (κ2) is 4.16. The minimum Gasteiger partial charge on any atom is -0.366 e. The van der Waals surface area contributed by atoms with Crippen molar-refractivity contribution in [1.29, 1.82) is 0 Å². The fourth-order valence-corrected chi connectivity index (χ4v) is 1.86. The zero-order valence-corrected chi connectivity index (χ0v) is 9.72. The van der Waals surface area contributed by atoms with Gasteiger partial charge in [-0.2, -0.15) is 0 Å². The summed E-state index contributed by atoms with van der Waals surface area (Å²) in [6, 6.07) is 7.39. The number of nitrogens with two attached hydrogens (primary N) is 1. The van der Waals surface area contributed by atoms with Crippen molar-refractivity contribution in [3.63, 3.8) is 0 Å². The van der Waals surface area contributed by atoms with E-state index >= 15 is 0 Å². The van der Waals surface area contributed by atoms with Crippen molar-refractivity contribution in [3.8, 4) is 11.4 Å². The molecule has 3 N–H and O–H groups in total. The lowest BCUT2D eigenvalue weighted by Crippen LogP contribution is -2.11. The normalized spacial score (nSPS) is 10.8. The van der Waals surface area contributed by atoms with Crippen molar-refractivity contribution >= 4 is 17.1 Å². The van der Waals surface area contributed by atoms with Gasteiger partial charge in [0.2, 0.25) is 0 Å². The summed E-state index contributed by atoms with van der Waals surface area (Å²) in [6.07, 6.45) is 1.47. The van der Waals surface area contributed by atoms with E-state index in [0.717, 1.165) is 0 Å². The highest BCUT2D eigenvalue weighted by Gasteiger charge is 2.12. The Bertz CT molecular complexity index is 764. The largest absolute Gasteiger partial charge is 0.366 e. The molecule has 1 aromatic carbocycles. The van der Waals surface area contributed by atoms with Crippen LogP contribution in [-0.4, -0.2) is 20.9 Å². The van der Waals surface area contributed by atoms with Gasteiger partial charge < -0.3 is 10.7 Å². The molecule has 2 heterocycles. The molecule has 3 aromatic rings. The molecular formula is C13H9FN4O. The van der Waals surface area contributed by atoms with Gasteiger partial charge in [0, 0.05) is 11.8 Å². The van der Waals surface area contributed by atoms with Crippen LogP contribution < -0.4 is 5.73 Å². The molecule has 0 radical (unpaired) electrons. The quantitative estimate of drug-likeness (QED) is 0.734. The Hall–Kier alpha value is -2.76. The number of carbonyl (C=O) groups excluding carboxylic acids is 1. The van der Waals surface area contributed by atoms with E-state index in [-0.39, 0.29) is 5.82 Å². The van der Waals surface area contributed by atoms with Crippen LogP contribution in [0.4, 0.5) is 4.39 Å². The summed E-state index contributed by atoms with van der Waals surface area (Å²) >= 11 is 0. The standard InChI is InChI=1S/C13H9FN4O/c14-8-3-1-7(2-4-8)12-17-10-9(11(15)19)5-6-16-13(10)18-12/h1-6H,(H2,15,19)(H,16,17,18). The molecule has 0 saturated carbocycles. The molecule has 0 bridgehead atoms. The minimum atomic E-state index is -0.554. The Labute approximate surface area is 107 Å². The van der Waals surface area contributed by atoms with Gasteiger partial charge in [0.1, 0.15) is 11.6 Å². The lowest BCUT2D eigenvalue weighted by Gasteiger charge is -1.96. The van der Waals surface area contributed by atoms with Gasteiger partial charge in [-0.05, 0) is 30.3 Å². The first kappa shape index (κ1) is 11.3. The molecule has 94 valence electrons. The third-order valence-corrected chi connectivity index (χ3v) is 2.78. The molecule has 0 fully saturated rings. The molecule has 5 nitrogen and oxygen atoms in total. The number of H-pyrrole nitrogens is 1.